The van der Waals surface area contributed by atoms with E-state index in [0.717, 1.165) is 0 Å². The van der Waals surface area contributed by atoms with Gasteiger partial charge in [-0.2, -0.15) is 21.4 Å². The van der Waals surface area contributed by atoms with Crippen LogP contribution >= 0.6 is 28.6 Å². The van der Waals surface area contributed by atoms with Crippen molar-refractivity contribution in [3.63, 3.8) is 0 Å². The third-order valence-electron chi connectivity index (χ3n) is 0.395. The maximum Gasteiger partial charge on any atom is 0.302 e. The average molecular weight is 191 g/mol. The van der Waals surface area contributed by atoms with Gasteiger partial charge in [-0.05, 0) is 21.7 Å². The Kier molecular flexibility index (Phi) is 3.15. The number of rotatable bonds is 2. The van der Waals surface area contributed by atoms with Crippen LogP contribution in [-0.4, -0.2) is 10.6 Å². The van der Waals surface area contributed by atoms with Crippen molar-refractivity contribution in [2.45, 2.75) is 11.3 Å². The summed E-state index contributed by atoms with van der Waals surface area (Å²) in [6.45, 7) is 0. The number of hydrogen-bond donors (Lipinski definition) is 1. The van der Waals surface area contributed by atoms with Crippen LogP contribution in [0.5, 0.6) is 0 Å². The van der Waals surface area contributed by atoms with Crippen LogP contribution in [0.2, 0.25) is 0 Å². The summed E-state index contributed by atoms with van der Waals surface area (Å²) < 4.78 is 23.2. The van der Waals surface area contributed by atoms with Crippen LogP contribution in [0.15, 0.2) is 0 Å². The highest BCUT2D eigenvalue weighted by molar-refractivity contribution is 9.10. The molecule has 0 nitrogen and oxygen atoms in total. The molecule has 0 unspecified atom stereocenters. The van der Waals surface area contributed by atoms with Crippen molar-refractivity contribution in [2.75, 3.05) is 5.75 Å². The fourth-order valence-corrected chi connectivity index (χ4v) is 0.912. The largest absolute Gasteiger partial charge is 0.302 e. The summed E-state index contributed by atoms with van der Waals surface area (Å²) in [6, 6.07) is 0. The maximum atomic E-state index is 11.6. The summed E-state index contributed by atoms with van der Waals surface area (Å²) in [5.41, 5.74) is 0. The van der Waals surface area contributed by atoms with E-state index in [1.807, 2.05) is 0 Å². The van der Waals surface area contributed by atoms with Crippen molar-refractivity contribution >= 4 is 28.6 Å². The van der Waals surface area contributed by atoms with E-state index >= 15 is 0 Å². The Morgan fingerprint density at radius 2 is 2.00 bits per heavy atom. The molecule has 7 heavy (non-hydrogen) atoms. The van der Waals surface area contributed by atoms with Crippen molar-refractivity contribution in [3.05, 3.63) is 0 Å². The minimum absolute atomic E-state index is 0.207. The Hall–Kier alpha value is 0.690. The lowest BCUT2D eigenvalue weighted by atomic mass is 10.5. The first-order chi connectivity index (χ1) is 3.06. The second kappa shape index (κ2) is 2.87. The van der Waals surface area contributed by atoms with E-state index in [9.17, 15) is 8.78 Å². The maximum absolute atomic E-state index is 11.6. The van der Waals surface area contributed by atoms with E-state index in [1.165, 1.54) is 0 Å². The number of alkyl halides is 3. The summed E-state index contributed by atoms with van der Waals surface area (Å²) in [7, 11) is 0. The van der Waals surface area contributed by atoms with Gasteiger partial charge in [0.1, 0.15) is 0 Å². The van der Waals surface area contributed by atoms with E-state index in [1.54, 1.807) is 0 Å². The minimum atomic E-state index is -2.71. The van der Waals surface area contributed by atoms with Crippen molar-refractivity contribution in [2.24, 2.45) is 0 Å². The molecule has 0 heterocycles. The van der Waals surface area contributed by atoms with Crippen LogP contribution in [0.25, 0.3) is 0 Å². The third kappa shape index (κ3) is 6.69. The molecule has 0 aromatic carbocycles. The van der Waals surface area contributed by atoms with Gasteiger partial charge in [0.2, 0.25) is 0 Å². The molecule has 0 fully saturated rings. The molecule has 0 aliphatic heterocycles. The van der Waals surface area contributed by atoms with Crippen LogP contribution in [0.3, 0.4) is 0 Å². The Morgan fingerprint density at radius 3 is 2.00 bits per heavy atom. The first-order valence-corrected chi connectivity index (χ1v) is 3.16. The Balaban J connectivity index is 3.15. The van der Waals surface area contributed by atoms with Gasteiger partial charge < -0.3 is 0 Å². The van der Waals surface area contributed by atoms with Crippen LogP contribution in [0, 0.1) is 0 Å². The van der Waals surface area contributed by atoms with E-state index < -0.39 is 4.83 Å². The summed E-state index contributed by atoms with van der Waals surface area (Å²) in [6.07, 6.45) is -0.212. The van der Waals surface area contributed by atoms with Gasteiger partial charge in [0.25, 0.3) is 0 Å². The van der Waals surface area contributed by atoms with Crippen LogP contribution in [-0.2, 0) is 0 Å². The van der Waals surface area contributed by atoms with Gasteiger partial charge in [-0.3, -0.25) is 0 Å². The zero-order chi connectivity index (χ0) is 5.91. The molecular formula is C3H5BrF2S. The topological polar surface area (TPSA) is 0 Å². The number of hydrogen-bond acceptors (Lipinski definition) is 1. The highest BCUT2D eigenvalue weighted by Crippen LogP contribution is 2.25. The molecule has 0 aromatic heterocycles. The van der Waals surface area contributed by atoms with Gasteiger partial charge in [-0.25, -0.2) is 0 Å². The normalized spacial score (nSPS) is 12.0. The predicted molar refractivity (Wildman–Crippen MR) is 32.3 cm³/mol. The lowest BCUT2D eigenvalue weighted by Crippen LogP contribution is -2.03. The molecule has 0 atom stereocenters. The second-order valence-corrected chi connectivity index (χ2v) is 2.70. The Morgan fingerprint density at radius 1 is 1.57 bits per heavy atom. The molecule has 0 aliphatic carbocycles. The molecule has 0 radical (unpaired) electrons. The Labute approximate surface area is 54.8 Å². The zero-order valence-electron chi connectivity index (χ0n) is 3.50. The van der Waals surface area contributed by atoms with E-state index in [0.29, 0.717) is 0 Å². The van der Waals surface area contributed by atoms with Gasteiger partial charge in [-0.15, -0.1) is 0 Å². The highest BCUT2D eigenvalue weighted by atomic mass is 79.9. The molecule has 4 heteroatoms. The molecule has 0 rings (SSSR count). The van der Waals surface area contributed by atoms with Crippen LogP contribution < -0.4 is 0 Å². The molecule has 0 bridgehead atoms. The van der Waals surface area contributed by atoms with Gasteiger partial charge in [0.05, 0.1) is 0 Å². The third-order valence-corrected chi connectivity index (χ3v) is 1.02. The molecular weight excluding hydrogens is 186 g/mol. The standard InChI is InChI=1S/C3H5BrF2S/c4-3(5,6)1-2-7/h7H,1-2H2. The van der Waals surface area contributed by atoms with E-state index in [2.05, 4.69) is 28.6 Å². The van der Waals surface area contributed by atoms with Gasteiger partial charge in [0.15, 0.2) is 0 Å². The monoisotopic (exact) mass is 190 g/mol. The van der Waals surface area contributed by atoms with E-state index in [4.69, 9.17) is 0 Å². The van der Waals surface area contributed by atoms with Crippen molar-refractivity contribution < 1.29 is 8.78 Å². The van der Waals surface area contributed by atoms with E-state index in [-0.39, 0.29) is 12.2 Å². The SMILES string of the molecule is FC(F)(Br)CCS. The zero-order valence-corrected chi connectivity index (χ0v) is 5.98. The molecule has 0 aromatic rings. The molecule has 0 spiro atoms. The molecule has 0 amide bonds. The molecule has 0 saturated heterocycles. The predicted octanol–water partition coefficient (Wildman–Crippen LogP) is 2.29. The smallest absolute Gasteiger partial charge is 0.194 e. The first-order valence-electron chi connectivity index (χ1n) is 1.74. The molecule has 0 aliphatic rings. The van der Waals surface area contributed by atoms with Gasteiger partial charge in [-0.1, -0.05) is 0 Å². The first kappa shape index (κ1) is 7.69. The van der Waals surface area contributed by atoms with Gasteiger partial charge in [0, 0.05) is 6.42 Å². The Bertz CT molecular complexity index is 51.4. The second-order valence-electron chi connectivity index (χ2n) is 1.09. The molecule has 44 valence electrons. The fourth-order valence-electron chi connectivity index (χ4n) is 0.127. The minimum Gasteiger partial charge on any atom is -0.194 e. The summed E-state index contributed by atoms with van der Waals surface area (Å²) in [4.78, 5) is -2.71. The van der Waals surface area contributed by atoms with Crippen molar-refractivity contribution in [1.82, 2.24) is 0 Å². The van der Waals surface area contributed by atoms with Crippen LogP contribution in [0.1, 0.15) is 6.42 Å². The number of halogens is 3. The lowest BCUT2D eigenvalue weighted by molar-refractivity contribution is 0.112. The number of thiol groups is 1. The lowest BCUT2D eigenvalue weighted by Gasteiger charge is -2.02. The van der Waals surface area contributed by atoms with Crippen molar-refractivity contribution in [3.8, 4) is 0 Å². The summed E-state index contributed by atoms with van der Waals surface area (Å²) in [5.74, 6) is 0.207. The van der Waals surface area contributed by atoms with Crippen LogP contribution in [0.4, 0.5) is 8.78 Å². The molecule has 0 saturated carbocycles. The fraction of sp³-hybridized carbons (Fsp3) is 1.00. The van der Waals surface area contributed by atoms with Gasteiger partial charge >= 0.3 is 4.83 Å². The average Bonchev–Trinajstić information content (AvgIpc) is 1.30. The highest BCUT2D eigenvalue weighted by Gasteiger charge is 2.21. The molecule has 0 N–H and O–H groups in total. The quantitative estimate of drug-likeness (QED) is 0.502. The summed E-state index contributed by atoms with van der Waals surface area (Å²) in [5, 5.41) is 0. The van der Waals surface area contributed by atoms with Crippen molar-refractivity contribution in [1.29, 1.82) is 0 Å². The summed E-state index contributed by atoms with van der Waals surface area (Å²) >= 11 is 5.76.